The molecule has 0 aromatic carbocycles. The fourth-order valence-corrected chi connectivity index (χ4v) is 3.27. The number of hydrogen-bond donors (Lipinski definition) is 1. The smallest absolute Gasteiger partial charge is 0.342 e. The summed E-state index contributed by atoms with van der Waals surface area (Å²) in [5, 5.41) is 3.24. The van der Waals surface area contributed by atoms with Crippen LogP contribution in [-0.4, -0.2) is 34.8 Å². The van der Waals surface area contributed by atoms with E-state index in [2.05, 4.69) is 10.3 Å². The van der Waals surface area contributed by atoms with Crippen LogP contribution in [0, 0.1) is 11.8 Å². The van der Waals surface area contributed by atoms with E-state index < -0.39 is 17.8 Å². The number of carbonyl (C=O) groups excluding carboxylic acids is 2. The minimum Gasteiger partial charge on any atom is -0.342 e. The summed E-state index contributed by atoms with van der Waals surface area (Å²) in [5.41, 5.74) is -1.01. The SMILES string of the molecule is CC[C@@H](C)C(=O)N1CCC[C@H](C(=O)Nc2nc(C(F)(F)F)cs2)C1. The van der Waals surface area contributed by atoms with Gasteiger partial charge in [-0.2, -0.15) is 13.2 Å². The molecule has 0 spiro atoms. The molecule has 0 bridgehead atoms. The lowest BCUT2D eigenvalue weighted by Crippen LogP contribution is -2.45. The number of rotatable bonds is 4. The number of carbonyl (C=O) groups is 2. The Morgan fingerprint density at radius 1 is 1.50 bits per heavy atom. The number of alkyl halides is 3. The molecule has 134 valence electrons. The fourth-order valence-electron chi connectivity index (χ4n) is 2.55. The number of nitrogens with one attached hydrogen (secondary N) is 1. The molecule has 1 N–H and O–H groups in total. The maximum absolute atomic E-state index is 12.5. The largest absolute Gasteiger partial charge is 0.434 e. The molecule has 1 aromatic heterocycles. The van der Waals surface area contributed by atoms with E-state index in [1.54, 1.807) is 4.90 Å². The molecule has 2 amide bonds. The first-order valence-electron chi connectivity index (χ1n) is 7.84. The highest BCUT2D eigenvalue weighted by Gasteiger charge is 2.35. The lowest BCUT2D eigenvalue weighted by Gasteiger charge is -2.33. The third-order valence-electron chi connectivity index (χ3n) is 4.16. The van der Waals surface area contributed by atoms with E-state index >= 15 is 0 Å². The molecule has 2 atom stereocenters. The Kier molecular flexibility index (Phi) is 5.84. The van der Waals surface area contributed by atoms with Gasteiger partial charge in [0.1, 0.15) is 0 Å². The van der Waals surface area contributed by atoms with Gasteiger partial charge in [-0.15, -0.1) is 11.3 Å². The lowest BCUT2D eigenvalue weighted by atomic mass is 9.95. The second-order valence-corrected chi connectivity index (χ2v) is 6.82. The van der Waals surface area contributed by atoms with Crippen LogP contribution in [0.15, 0.2) is 5.38 Å². The second kappa shape index (κ2) is 7.50. The van der Waals surface area contributed by atoms with Crippen molar-refractivity contribution in [3.63, 3.8) is 0 Å². The zero-order chi connectivity index (χ0) is 17.9. The number of halogens is 3. The third kappa shape index (κ3) is 4.46. The quantitative estimate of drug-likeness (QED) is 0.892. The molecule has 1 saturated heterocycles. The molecule has 24 heavy (non-hydrogen) atoms. The van der Waals surface area contributed by atoms with Crippen LogP contribution in [0.25, 0.3) is 0 Å². The van der Waals surface area contributed by atoms with Crippen molar-refractivity contribution in [1.29, 1.82) is 0 Å². The van der Waals surface area contributed by atoms with Gasteiger partial charge in [0.05, 0.1) is 5.92 Å². The number of nitrogens with zero attached hydrogens (tertiary/aromatic N) is 2. The number of likely N-dealkylation sites (tertiary alicyclic amines) is 1. The molecule has 1 fully saturated rings. The molecule has 1 aliphatic rings. The van der Waals surface area contributed by atoms with E-state index in [1.807, 2.05) is 13.8 Å². The number of piperidine rings is 1. The fraction of sp³-hybridized carbons (Fsp3) is 0.667. The van der Waals surface area contributed by atoms with Gasteiger partial charge in [-0.05, 0) is 19.3 Å². The highest BCUT2D eigenvalue weighted by atomic mass is 32.1. The Morgan fingerprint density at radius 3 is 2.79 bits per heavy atom. The highest BCUT2D eigenvalue weighted by molar-refractivity contribution is 7.13. The highest BCUT2D eigenvalue weighted by Crippen LogP contribution is 2.32. The van der Waals surface area contributed by atoms with Crippen LogP contribution < -0.4 is 5.32 Å². The van der Waals surface area contributed by atoms with Gasteiger partial charge in [-0.25, -0.2) is 4.98 Å². The van der Waals surface area contributed by atoms with Gasteiger partial charge < -0.3 is 10.2 Å². The molecule has 0 unspecified atom stereocenters. The third-order valence-corrected chi connectivity index (χ3v) is 4.92. The molecule has 2 heterocycles. The van der Waals surface area contributed by atoms with Crippen LogP contribution in [0.3, 0.4) is 0 Å². The Balaban J connectivity index is 1.97. The monoisotopic (exact) mass is 363 g/mol. The lowest BCUT2D eigenvalue weighted by molar-refractivity contribution is -0.141. The minimum absolute atomic E-state index is 0.0172. The van der Waals surface area contributed by atoms with Crippen LogP contribution in [-0.2, 0) is 15.8 Å². The number of amides is 2. The summed E-state index contributed by atoms with van der Waals surface area (Å²) in [6.07, 6.45) is -2.49. The van der Waals surface area contributed by atoms with Gasteiger partial charge in [0.15, 0.2) is 10.8 Å². The second-order valence-electron chi connectivity index (χ2n) is 5.96. The molecule has 0 radical (unpaired) electrons. The topological polar surface area (TPSA) is 62.3 Å². The van der Waals surface area contributed by atoms with Crippen LogP contribution in [0.4, 0.5) is 18.3 Å². The van der Waals surface area contributed by atoms with Crippen molar-refractivity contribution in [3.8, 4) is 0 Å². The number of anilines is 1. The van der Waals surface area contributed by atoms with Crippen LogP contribution >= 0.6 is 11.3 Å². The summed E-state index contributed by atoms with van der Waals surface area (Å²) in [6, 6.07) is 0. The summed E-state index contributed by atoms with van der Waals surface area (Å²) in [7, 11) is 0. The molecule has 0 saturated carbocycles. The Hall–Kier alpha value is -1.64. The van der Waals surface area contributed by atoms with Crippen LogP contribution in [0.5, 0.6) is 0 Å². The van der Waals surface area contributed by atoms with E-state index in [9.17, 15) is 22.8 Å². The molecular formula is C15H20F3N3O2S. The van der Waals surface area contributed by atoms with Crippen molar-refractivity contribution in [2.75, 3.05) is 18.4 Å². The van der Waals surface area contributed by atoms with E-state index in [4.69, 9.17) is 0 Å². The molecule has 2 rings (SSSR count). The van der Waals surface area contributed by atoms with Gasteiger partial charge in [0.25, 0.3) is 0 Å². The van der Waals surface area contributed by atoms with Gasteiger partial charge in [-0.1, -0.05) is 13.8 Å². The summed E-state index contributed by atoms with van der Waals surface area (Å²) in [5.74, 6) is -0.895. The summed E-state index contributed by atoms with van der Waals surface area (Å²) in [6.45, 7) is 4.69. The van der Waals surface area contributed by atoms with Gasteiger partial charge in [0.2, 0.25) is 11.8 Å². The summed E-state index contributed by atoms with van der Waals surface area (Å²) in [4.78, 5) is 29.6. The van der Waals surface area contributed by atoms with E-state index in [1.165, 1.54) is 0 Å². The molecule has 5 nitrogen and oxygen atoms in total. The van der Waals surface area contributed by atoms with Gasteiger partial charge in [0, 0.05) is 24.4 Å². The standard InChI is InChI=1S/C15H20F3N3O2S/c1-3-9(2)13(23)21-6-4-5-10(7-21)12(22)20-14-19-11(8-24-14)15(16,17)18/h8-10H,3-7H2,1-2H3,(H,19,20,22)/t9-,10+/m1/s1. The summed E-state index contributed by atoms with van der Waals surface area (Å²) >= 11 is 0.741. The van der Waals surface area contributed by atoms with Crippen molar-refractivity contribution in [2.45, 2.75) is 39.3 Å². The average molecular weight is 363 g/mol. The molecule has 1 aromatic rings. The van der Waals surface area contributed by atoms with E-state index in [0.717, 1.165) is 23.1 Å². The Morgan fingerprint density at radius 2 is 2.21 bits per heavy atom. The van der Waals surface area contributed by atoms with Crippen molar-refractivity contribution >= 4 is 28.3 Å². The number of hydrogen-bond acceptors (Lipinski definition) is 4. The number of aromatic nitrogens is 1. The first-order valence-corrected chi connectivity index (χ1v) is 8.72. The predicted octanol–water partition coefficient (Wildman–Crippen LogP) is 3.39. The van der Waals surface area contributed by atoms with Crippen LogP contribution in [0.2, 0.25) is 0 Å². The van der Waals surface area contributed by atoms with Crippen molar-refractivity contribution in [2.24, 2.45) is 11.8 Å². The van der Waals surface area contributed by atoms with Crippen molar-refractivity contribution in [3.05, 3.63) is 11.1 Å². The Labute approximate surface area is 142 Å². The molecule has 0 aliphatic carbocycles. The maximum Gasteiger partial charge on any atom is 0.434 e. The van der Waals surface area contributed by atoms with Crippen molar-refractivity contribution < 1.29 is 22.8 Å². The zero-order valence-electron chi connectivity index (χ0n) is 13.5. The predicted molar refractivity (Wildman–Crippen MR) is 84.5 cm³/mol. The first kappa shape index (κ1) is 18.7. The van der Waals surface area contributed by atoms with Crippen molar-refractivity contribution in [1.82, 2.24) is 9.88 Å². The first-order chi connectivity index (χ1) is 11.2. The number of thiazole rings is 1. The average Bonchev–Trinajstić information content (AvgIpc) is 3.02. The van der Waals surface area contributed by atoms with Crippen LogP contribution in [0.1, 0.15) is 38.8 Å². The minimum atomic E-state index is -4.52. The zero-order valence-corrected chi connectivity index (χ0v) is 14.3. The molecular weight excluding hydrogens is 343 g/mol. The maximum atomic E-state index is 12.5. The normalized spacial score (nSPS) is 19.9. The molecule has 1 aliphatic heterocycles. The van der Waals surface area contributed by atoms with E-state index in [-0.39, 0.29) is 22.9 Å². The van der Waals surface area contributed by atoms with Gasteiger partial charge in [-0.3, -0.25) is 9.59 Å². The molecule has 9 heteroatoms. The van der Waals surface area contributed by atoms with Gasteiger partial charge >= 0.3 is 6.18 Å². The van der Waals surface area contributed by atoms with E-state index in [0.29, 0.717) is 25.9 Å². The Bertz CT molecular complexity index is 603. The summed E-state index contributed by atoms with van der Waals surface area (Å²) < 4.78 is 37.6.